The van der Waals surface area contributed by atoms with E-state index in [0.29, 0.717) is 18.4 Å². The van der Waals surface area contributed by atoms with Crippen LogP contribution in [0.2, 0.25) is 0 Å². The van der Waals surface area contributed by atoms with Crippen molar-refractivity contribution >= 4 is 0 Å². The first kappa shape index (κ1) is 14.4. The van der Waals surface area contributed by atoms with Crippen molar-refractivity contribution in [1.82, 2.24) is 4.90 Å². The van der Waals surface area contributed by atoms with Crippen molar-refractivity contribution in [2.75, 3.05) is 13.1 Å². The van der Waals surface area contributed by atoms with Gasteiger partial charge < -0.3 is 10.6 Å². The monoisotopic (exact) mass is 268 g/mol. The molecular formula is C15H22F2N2. The Morgan fingerprint density at radius 2 is 2.11 bits per heavy atom. The Morgan fingerprint density at radius 1 is 1.37 bits per heavy atom. The average Bonchev–Trinajstić information content (AvgIpc) is 2.68. The number of hydrogen-bond acceptors (Lipinski definition) is 2. The zero-order chi connectivity index (χ0) is 14.0. The second kappa shape index (κ2) is 5.97. The summed E-state index contributed by atoms with van der Waals surface area (Å²) >= 11 is 0. The van der Waals surface area contributed by atoms with Crippen molar-refractivity contribution in [1.29, 1.82) is 0 Å². The first-order chi connectivity index (χ1) is 8.99. The molecule has 19 heavy (non-hydrogen) atoms. The SMILES string of the molecule is CC1CC(C)N(CCC(N)c2cccc(F)c2F)C1. The highest BCUT2D eigenvalue weighted by Gasteiger charge is 2.26. The summed E-state index contributed by atoms with van der Waals surface area (Å²) in [4.78, 5) is 2.38. The number of hydrogen-bond donors (Lipinski definition) is 1. The number of benzene rings is 1. The highest BCUT2D eigenvalue weighted by atomic mass is 19.2. The predicted molar refractivity (Wildman–Crippen MR) is 72.7 cm³/mol. The molecule has 0 spiro atoms. The van der Waals surface area contributed by atoms with E-state index in [1.165, 1.54) is 12.5 Å². The number of likely N-dealkylation sites (tertiary alicyclic amines) is 1. The van der Waals surface area contributed by atoms with Gasteiger partial charge in [0.1, 0.15) is 0 Å². The van der Waals surface area contributed by atoms with E-state index in [9.17, 15) is 8.78 Å². The molecule has 0 aromatic heterocycles. The van der Waals surface area contributed by atoms with Crippen molar-refractivity contribution < 1.29 is 8.78 Å². The summed E-state index contributed by atoms with van der Waals surface area (Å²) in [6.45, 7) is 6.35. The quantitative estimate of drug-likeness (QED) is 0.909. The smallest absolute Gasteiger partial charge is 0.163 e. The lowest BCUT2D eigenvalue weighted by atomic mass is 10.0. The standard InChI is InChI=1S/C15H22F2N2/c1-10-8-11(2)19(9-10)7-6-14(18)12-4-3-5-13(16)15(12)17/h3-5,10-11,14H,6-9,18H2,1-2H3. The Kier molecular flexibility index (Phi) is 4.53. The van der Waals surface area contributed by atoms with Crippen LogP contribution in [0.15, 0.2) is 18.2 Å². The molecule has 0 aliphatic carbocycles. The van der Waals surface area contributed by atoms with E-state index in [0.717, 1.165) is 19.2 Å². The highest BCUT2D eigenvalue weighted by Crippen LogP contribution is 2.25. The van der Waals surface area contributed by atoms with Gasteiger partial charge in [-0.05, 0) is 31.7 Å². The molecule has 1 fully saturated rings. The molecule has 0 saturated carbocycles. The van der Waals surface area contributed by atoms with Gasteiger partial charge in [-0.3, -0.25) is 0 Å². The minimum atomic E-state index is -0.823. The molecule has 3 atom stereocenters. The fraction of sp³-hybridized carbons (Fsp3) is 0.600. The molecule has 106 valence electrons. The summed E-state index contributed by atoms with van der Waals surface area (Å²) in [5.74, 6) is -0.925. The third-order valence-electron chi connectivity index (χ3n) is 4.02. The first-order valence-corrected chi connectivity index (χ1v) is 6.92. The van der Waals surface area contributed by atoms with Crippen molar-refractivity contribution in [3.63, 3.8) is 0 Å². The second-order valence-electron chi connectivity index (χ2n) is 5.72. The van der Waals surface area contributed by atoms with E-state index in [-0.39, 0.29) is 5.56 Å². The molecule has 2 rings (SSSR count). The van der Waals surface area contributed by atoms with Crippen molar-refractivity contribution in [3.8, 4) is 0 Å². The normalized spacial score (nSPS) is 25.7. The van der Waals surface area contributed by atoms with Gasteiger partial charge in [-0.1, -0.05) is 19.1 Å². The van der Waals surface area contributed by atoms with Crippen LogP contribution in [-0.4, -0.2) is 24.0 Å². The lowest BCUT2D eigenvalue weighted by Gasteiger charge is -2.23. The van der Waals surface area contributed by atoms with E-state index in [1.54, 1.807) is 6.07 Å². The molecule has 1 saturated heterocycles. The maximum Gasteiger partial charge on any atom is 0.163 e. The van der Waals surface area contributed by atoms with Gasteiger partial charge in [0.15, 0.2) is 11.6 Å². The maximum atomic E-state index is 13.6. The second-order valence-corrected chi connectivity index (χ2v) is 5.72. The molecule has 1 aliphatic heterocycles. The Morgan fingerprint density at radius 3 is 2.74 bits per heavy atom. The fourth-order valence-electron chi connectivity index (χ4n) is 2.97. The topological polar surface area (TPSA) is 29.3 Å². The van der Waals surface area contributed by atoms with E-state index in [1.807, 2.05) is 0 Å². The zero-order valence-corrected chi connectivity index (χ0v) is 11.6. The third kappa shape index (κ3) is 3.31. The Bertz CT molecular complexity index is 436. The van der Waals surface area contributed by atoms with Crippen LogP contribution < -0.4 is 5.73 Å². The third-order valence-corrected chi connectivity index (χ3v) is 4.02. The molecule has 3 unspecified atom stereocenters. The molecule has 1 aromatic carbocycles. The zero-order valence-electron chi connectivity index (χ0n) is 11.6. The molecule has 1 aliphatic rings. The van der Waals surface area contributed by atoms with Crippen LogP contribution in [-0.2, 0) is 0 Å². The predicted octanol–water partition coefficient (Wildman–Crippen LogP) is 3.09. The first-order valence-electron chi connectivity index (χ1n) is 6.92. The molecule has 0 amide bonds. The van der Waals surface area contributed by atoms with E-state index < -0.39 is 17.7 Å². The van der Waals surface area contributed by atoms with Crippen LogP contribution in [0.5, 0.6) is 0 Å². The van der Waals surface area contributed by atoms with Crippen LogP contribution in [0.4, 0.5) is 8.78 Å². The summed E-state index contributed by atoms with van der Waals surface area (Å²) in [5.41, 5.74) is 6.27. The highest BCUT2D eigenvalue weighted by molar-refractivity contribution is 5.22. The summed E-state index contributed by atoms with van der Waals surface area (Å²) in [6.07, 6.45) is 1.85. The van der Waals surface area contributed by atoms with Crippen molar-refractivity contribution in [2.45, 2.75) is 38.8 Å². The molecule has 1 heterocycles. The van der Waals surface area contributed by atoms with Gasteiger partial charge in [-0.25, -0.2) is 8.78 Å². The molecule has 0 bridgehead atoms. The fourth-order valence-corrected chi connectivity index (χ4v) is 2.97. The van der Waals surface area contributed by atoms with Gasteiger partial charge >= 0.3 is 0 Å². The van der Waals surface area contributed by atoms with Crippen molar-refractivity contribution in [2.24, 2.45) is 11.7 Å². The molecule has 2 nitrogen and oxygen atoms in total. The average molecular weight is 268 g/mol. The van der Waals surface area contributed by atoms with Crippen LogP contribution in [0.3, 0.4) is 0 Å². The minimum absolute atomic E-state index is 0.278. The van der Waals surface area contributed by atoms with Gasteiger partial charge in [0.05, 0.1) is 0 Å². The van der Waals surface area contributed by atoms with E-state index in [4.69, 9.17) is 5.73 Å². The van der Waals surface area contributed by atoms with Crippen LogP contribution in [0.25, 0.3) is 0 Å². The van der Waals surface area contributed by atoms with Crippen LogP contribution in [0, 0.1) is 17.6 Å². The van der Waals surface area contributed by atoms with Gasteiger partial charge in [-0.2, -0.15) is 0 Å². The van der Waals surface area contributed by atoms with E-state index >= 15 is 0 Å². The molecule has 2 N–H and O–H groups in total. The van der Waals surface area contributed by atoms with E-state index in [2.05, 4.69) is 18.7 Å². The van der Waals surface area contributed by atoms with Gasteiger partial charge in [0.25, 0.3) is 0 Å². The van der Waals surface area contributed by atoms with Gasteiger partial charge in [0, 0.05) is 30.7 Å². The Hall–Kier alpha value is -1.00. The lowest BCUT2D eigenvalue weighted by Crippen LogP contribution is -2.30. The molecule has 4 heteroatoms. The van der Waals surface area contributed by atoms with Crippen LogP contribution in [0.1, 0.15) is 38.3 Å². The van der Waals surface area contributed by atoms with Gasteiger partial charge in [0.2, 0.25) is 0 Å². The number of rotatable bonds is 4. The number of halogens is 2. The molecule has 0 radical (unpaired) electrons. The maximum absolute atomic E-state index is 13.6. The Balaban J connectivity index is 1.94. The molecular weight excluding hydrogens is 246 g/mol. The summed E-state index contributed by atoms with van der Waals surface area (Å²) in [7, 11) is 0. The summed E-state index contributed by atoms with van der Waals surface area (Å²) < 4.78 is 26.8. The van der Waals surface area contributed by atoms with Gasteiger partial charge in [-0.15, -0.1) is 0 Å². The Labute approximate surface area is 113 Å². The number of nitrogens with two attached hydrogens (primary N) is 1. The summed E-state index contributed by atoms with van der Waals surface area (Å²) in [6, 6.07) is 4.31. The largest absolute Gasteiger partial charge is 0.324 e. The molecule has 1 aromatic rings. The van der Waals surface area contributed by atoms with Crippen molar-refractivity contribution in [3.05, 3.63) is 35.4 Å². The van der Waals surface area contributed by atoms with Crippen LogP contribution >= 0.6 is 0 Å². The number of nitrogens with zero attached hydrogens (tertiary/aromatic N) is 1. The lowest BCUT2D eigenvalue weighted by molar-refractivity contribution is 0.254. The summed E-state index contributed by atoms with van der Waals surface area (Å²) in [5, 5.41) is 0. The minimum Gasteiger partial charge on any atom is -0.324 e.